The number of hydrogen-bond donors (Lipinski definition) is 2. The van der Waals surface area contributed by atoms with Crippen LogP contribution in [0.4, 0.5) is 11.4 Å². The lowest BCUT2D eigenvalue weighted by molar-refractivity contribution is -0.117. The normalized spacial score (nSPS) is 11.3. The third-order valence-electron chi connectivity index (χ3n) is 8.45. The Labute approximate surface area is 275 Å². The van der Waals surface area contributed by atoms with Crippen molar-refractivity contribution in [3.63, 3.8) is 0 Å². The summed E-state index contributed by atoms with van der Waals surface area (Å²) >= 11 is 0. The van der Waals surface area contributed by atoms with Crippen LogP contribution >= 0.6 is 0 Å². The molecule has 0 aliphatic carbocycles. The first-order chi connectivity index (χ1) is 22.0. The molecule has 45 heavy (non-hydrogen) atoms. The fraction of sp³-hybridized carbons (Fsp3) is 0.641. The zero-order chi connectivity index (χ0) is 32.5. The first-order valence-electron chi connectivity index (χ1n) is 18.2. The van der Waals surface area contributed by atoms with Crippen molar-refractivity contribution in [1.29, 1.82) is 0 Å². The third kappa shape index (κ3) is 18.1. The highest BCUT2D eigenvalue weighted by Crippen LogP contribution is 2.17. The molecule has 0 bridgehead atoms. The lowest BCUT2D eigenvalue weighted by Gasteiger charge is -2.22. The van der Waals surface area contributed by atoms with Crippen molar-refractivity contribution in [2.24, 2.45) is 0 Å². The van der Waals surface area contributed by atoms with Gasteiger partial charge in [-0.05, 0) is 120 Å². The number of unbranched alkanes of at least 4 members (excludes halogenated alkanes) is 6. The van der Waals surface area contributed by atoms with E-state index in [2.05, 4.69) is 72.4 Å². The van der Waals surface area contributed by atoms with Gasteiger partial charge in [-0.15, -0.1) is 0 Å². The van der Waals surface area contributed by atoms with E-state index in [0.29, 0.717) is 12.8 Å². The van der Waals surface area contributed by atoms with Crippen LogP contribution in [0.3, 0.4) is 0 Å². The van der Waals surface area contributed by atoms with E-state index >= 15 is 0 Å². The molecule has 0 atom stereocenters. The van der Waals surface area contributed by atoms with Gasteiger partial charge < -0.3 is 20.4 Å². The van der Waals surface area contributed by atoms with Crippen LogP contribution in [0.1, 0.15) is 129 Å². The van der Waals surface area contributed by atoms with Crippen LogP contribution in [0.2, 0.25) is 0 Å². The molecular formula is C39H64N4O2. The van der Waals surface area contributed by atoms with Crippen LogP contribution in [0, 0.1) is 0 Å². The van der Waals surface area contributed by atoms with Crippen molar-refractivity contribution < 1.29 is 9.59 Å². The summed E-state index contributed by atoms with van der Waals surface area (Å²) in [5.74, 6) is 0.176. The average molecular weight is 621 g/mol. The fourth-order valence-corrected chi connectivity index (χ4v) is 5.63. The van der Waals surface area contributed by atoms with Gasteiger partial charge in [0, 0.05) is 24.2 Å². The van der Waals surface area contributed by atoms with Crippen LogP contribution in [0.5, 0.6) is 0 Å². The number of benzene rings is 2. The number of nitrogens with zero attached hydrogens (tertiary/aromatic N) is 2. The van der Waals surface area contributed by atoms with Crippen molar-refractivity contribution in [2.45, 2.75) is 124 Å². The number of nitrogens with one attached hydrogen (secondary N) is 2. The quantitative estimate of drug-likeness (QED) is 0.103. The van der Waals surface area contributed by atoms with E-state index in [1.165, 1.54) is 75.3 Å². The van der Waals surface area contributed by atoms with Crippen LogP contribution in [-0.2, 0) is 16.0 Å². The minimum Gasteiger partial charge on any atom is -0.326 e. The molecule has 2 N–H and O–H groups in total. The summed E-state index contributed by atoms with van der Waals surface area (Å²) < 4.78 is 0. The minimum absolute atomic E-state index is 0.0881. The minimum atomic E-state index is 0.0881. The maximum atomic E-state index is 12.6. The topological polar surface area (TPSA) is 64.7 Å². The van der Waals surface area contributed by atoms with Crippen molar-refractivity contribution in [3.8, 4) is 0 Å². The Kier molecular flexibility index (Phi) is 21.0. The molecule has 0 saturated carbocycles. The number of anilines is 2. The molecule has 2 aromatic carbocycles. The van der Waals surface area contributed by atoms with Crippen molar-refractivity contribution >= 4 is 23.2 Å². The van der Waals surface area contributed by atoms with E-state index in [9.17, 15) is 9.59 Å². The first kappa shape index (κ1) is 38.5. The van der Waals surface area contributed by atoms with E-state index in [0.717, 1.165) is 69.9 Å². The Balaban J connectivity index is 1.72. The second kappa shape index (κ2) is 24.5. The average Bonchev–Trinajstić information content (AvgIpc) is 3.04. The Hall–Kier alpha value is -2.70. The summed E-state index contributed by atoms with van der Waals surface area (Å²) in [7, 11) is 0. The molecule has 0 aliphatic rings. The summed E-state index contributed by atoms with van der Waals surface area (Å²) in [5.41, 5.74) is 4.08. The van der Waals surface area contributed by atoms with Crippen molar-refractivity contribution in [3.05, 3.63) is 59.7 Å². The monoisotopic (exact) mass is 621 g/mol. The fourth-order valence-electron chi connectivity index (χ4n) is 5.63. The van der Waals surface area contributed by atoms with Gasteiger partial charge in [-0.3, -0.25) is 9.59 Å². The highest BCUT2D eigenvalue weighted by molar-refractivity contribution is 5.91. The molecule has 252 valence electrons. The SMILES string of the molecule is CCCCCN(CCCC)CCCC(=O)Nc1ccc(Cc2ccc(NC(=O)CCCN(CCCC)CCCCC)cc2)cc1. The third-order valence-corrected chi connectivity index (χ3v) is 8.45. The molecule has 6 heteroatoms. The zero-order valence-electron chi connectivity index (χ0n) is 29.2. The van der Waals surface area contributed by atoms with Gasteiger partial charge in [0.15, 0.2) is 0 Å². The van der Waals surface area contributed by atoms with Gasteiger partial charge >= 0.3 is 0 Å². The van der Waals surface area contributed by atoms with Gasteiger partial charge in [0.2, 0.25) is 11.8 Å². The Morgan fingerprint density at radius 3 is 1.16 bits per heavy atom. The lowest BCUT2D eigenvalue weighted by Crippen LogP contribution is -2.28. The molecule has 2 aromatic rings. The Bertz CT molecular complexity index is 955. The molecule has 0 aromatic heterocycles. The molecule has 0 fully saturated rings. The van der Waals surface area contributed by atoms with Gasteiger partial charge in [-0.2, -0.15) is 0 Å². The standard InChI is InChI=1S/C39H64N4O2/c1-5-9-13-29-42(27-11-7-3)31-15-17-38(44)40-36-23-19-34(20-24-36)33-35-21-25-37(26-22-35)41-39(45)18-16-32-43(28-12-8-4)30-14-10-6-2/h19-26H,5-18,27-33H2,1-4H3,(H,40,44)(H,41,45). The van der Waals surface area contributed by atoms with E-state index in [1.807, 2.05) is 24.3 Å². The van der Waals surface area contributed by atoms with Gasteiger partial charge in [-0.25, -0.2) is 0 Å². The molecule has 6 nitrogen and oxygen atoms in total. The van der Waals surface area contributed by atoms with E-state index in [-0.39, 0.29) is 11.8 Å². The maximum Gasteiger partial charge on any atom is 0.224 e. The predicted molar refractivity (Wildman–Crippen MR) is 193 cm³/mol. The summed E-state index contributed by atoms with van der Waals surface area (Å²) in [6.07, 6.45) is 16.1. The number of amides is 2. The molecule has 0 heterocycles. The maximum absolute atomic E-state index is 12.6. The molecule has 0 saturated heterocycles. The molecule has 0 radical (unpaired) electrons. The highest BCUT2D eigenvalue weighted by Gasteiger charge is 2.09. The van der Waals surface area contributed by atoms with Gasteiger partial charge in [-0.1, -0.05) is 90.5 Å². The first-order valence-corrected chi connectivity index (χ1v) is 18.2. The number of rotatable bonds is 26. The molecule has 2 rings (SSSR count). The Morgan fingerprint density at radius 1 is 0.467 bits per heavy atom. The summed E-state index contributed by atoms with van der Waals surface area (Å²) in [5, 5.41) is 6.14. The second-order valence-corrected chi connectivity index (χ2v) is 12.7. The highest BCUT2D eigenvalue weighted by atomic mass is 16.2. The number of carbonyl (C=O) groups is 2. The largest absolute Gasteiger partial charge is 0.326 e. The van der Waals surface area contributed by atoms with Crippen LogP contribution in [0.25, 0.3) is 0 Å². The van der Waals surface area contributed by atoms with Crippen LogP contribution in [-0.4, -0.2) is 60.9 Å². The predicted octanol–water partition coefficient (Wildman–Crippen LogP) is 9.30. The lowest BCUT2D eigenvalue weighted by atomic mass is 10.0. The van der Waals surface area contributed by atoms with Gasteiger partial charge in [0.25, 0.3) is 0 Å². The molecule has 0 aliphatic heterocycles. The number of carbonyl (C=O) groups excluding carboxylic acids is 2. The van der Waals surface area contributed by atoms with E-state index in [4.69, 9.17) is 0 Å². The molecule has 0 unspecified atom stereocenters. The zero-order valence-corrected chi connectivity index (χ0v) is 29.2. The molecule has 0 spiro atoms. The van der Waals surface area contributed by atoms with Gasteiger partial charge in [0.05, 0.1) is 0 Å². The summed E-state index contributed by atoms with van der Waals surface area (Å²) in [6.45, 7) is 15.5. The van der Waals surface area contributed by atoms with Crippen LogP contribution < -0.4 is 10.6 Å². The summed E-state index contributed by atoms with van der Waals surface area (Å²) in [4.78, 5) is 30.2. The molecule has 2 amide bonds. The Morgan fingerprint density at radius 2 is 0.800 bits per heavy atom. The van der Waals surface area contributed by atoms with Gasteiger partial charge in [0.1, 0.15) is 0 Å². The summed E-state index contributed by atoms with van der Waals surface area (Å²) in [6, 6.07) is 16.3. The molecular weight excluding hydrogens is 556 g/mol. The van der Waals surface area contributed by atoms with Crippen molar-refractivity contribution in [1.82, 2.24) is 9.80 Å². The second-order valence-electron chi connectivity index (χ2n) is 12.7. The van der Waals surface area contributed by atoms with Crippen LogP contribution in [0.15, 0.2) is 48.5 Å². The number of hydrogen-bond acceptors (Lipinski definition) is 4. The van der Waals surface area contributed by atoms with E-state index in [1.54, 1.807) is 0 Å². The smallest absolute Gasteiger partial charge is 0.224 e. The van der Waals surface area contributed by atoms with Crippen molar-refractivity contribution in [2.75, 3.05) is 49.9 Å². The van der Waals surface area contributed by atoms with E-state index < -0.39 is 0 Å².